The number of likely N-dealkylation sites (tertiary alicyclic amines) is 1. The van der Waals surface area contributed by atoms with Crippen molar-refractivity contribution in [2.45, 2.75) is 39.2 Å². The fraction of sp³-hybridized carbons (Fsp3) is 0.588. The smallest absolute Gasteiger partial charge is 0.306 e. The summed E-state index contributed by atoms with van der Waals surface area (Å²) in [5, 5.41) is 9.18. The Morgan fingerprint density at radius 2 is 2.14 bits per heavy atom. The van der Waals surface area contributed by atoms with Crippen LogP contribution in [0.5, 0.6) is 0 Å². The molecule has 0 spiro atoms. The van der Waals surface area contributed by atoms with Crippen LogP contribution in [0.25, 0.3) is 0 Å². The normalized spacial score (nSPS) is 21.1. The van der Waals surface area contributed by atoms with Crippen molar-refractivity contribution >= 4 is 5.97 Å². The summed E-state index contributed by atoms with van der Waals surface area (Å²) in [5.74, 6) is -0.642. The number of aliphatic carboxylic acids is 1. The van der Waals surface area contributed by atoms with Gasteiger partial charge in [-0.15, -0.1) is 0 Å². The standard InChI is InChI=1S/C17H24FNO2/c1-2-15(17(20)21)10-14-4-3-9-19(12-14)11-13-5-7-16(18)8-6-13/h5-8,14-15H,2-4,9-12H2,1H3,(H,20,21). The summed E-state index contributed by atoms with van der Waals surface area (Å²) in [6, 6.07) is 6.64. The third-order valence-corrected chi connectivity index (χ3v) is 4.38. The van der Waals surface area contributed by atoms with Crippen LogP contribution in [0.15, 0.2) is 24.3 Å². The summed E-state index contributed by atoms with van der Waals surface area (Å²) < 4.78 is 12.9. The Balaban J connectivity index is 1.88. The molecule has 1 aliphatic rings. The van der Waals surface area contributed by atoms with Gasteiger partial charge in [-0.2, -0.15) is 0 Å². The van der Waals surface area contributed by atoms with E-state index in [4.69, 9.17) is 0 Å². The molecule has 2 unspecified atom stereocenters. The monoisotopic (exact) mass is 293 g/mol. The second kappa shape index (κ2) is 7.55. The van der Waals surface area contributed by atoms with Gasteiger partial charge >= 0.3 is 5.97 Å². The predicted octanol–water partition coefficient (Wildman–Crippen LogP) is 3.54. The quantitative estimate of drug-likeness (QED) is 0.872. The van der Waals surface area contributed by atoms with Gasteiger partial charge in [0.1, 0.15) is 5.82 Å². The van der Waals surface area contributed by atoms with E-state index in [0.29, 0.717) is 12.3 Å². The summed E-state index contributed by atoms with van der Waals surface area (Å²) >= 11 is 0. The zero-order chi connectivity index (χ0) is 15.2. The minimum absolute atomic E-state index is 0.206. The summed E-state index contributed by atoms with van der Waals surface area (Å²) in [6.07, 6.45) is 3.70. The highest BCUT2D eigenvalue weighted by molar-refractivity contribution is 5.69. The highest BCUT2D eigenvalue weighted by Crippen LogP contribution is 2.26. The molecule has 1 aliphatic heterocycles. The largest absolute Gasteiger partial charge is 0.481 e. The first kappa shape index (κ1) is 16.0. The third kappa shape index (κ3) is 4.81. The van der Waals surface area contributed by atoms with E-state index in [1.807, 2.05) is 19.1 Å². The summed E-state index contributed by atoms with van der Waals surface area (Å²) in [7, 11) is 0. The van der Waals surface area contributed by atoms with Crippen molar-refractivity contribution in [2.24, 2.45) is 11.8 Å². The molecule has 1 aromatic rings. The van der Waals surface area contributed by atoms with Gasteiger partial charge in [-0.05, 0) is 55.8 Å². The number of halogens is 1. The van der Waals surface area contributed by atoms with Crippen molar-refractivity contribution in [2.75, 3.05) is 13.1 Å². The number of carbonyl (C=O) groups is 1. The van der Waals surface area contributed by atoms with E-state index in [-0.39, 0.29) is 11.7 Å². The van der Waals surface area contributed by atoms with Crippen LogP contribution in [0.2, 0.25) is 0 Å². The summed E-state index contributed by atoms with van der Waals surface area (Å²) in [5.41, 5.74) is 1.11. The zero-order valence-electron chi connectivity index (χ0n) is 12.6. The Bertz CT molecular complexity index is 460. The van der Waals surface area contributed by atoms with Crippen LogP contribution < -0.4 is 0 Å². The maximum Gasteiger partial charge on any atom is 0.306 e. The Morgan fingerprint density at radius 1 is 1.43 bits per heavy atom. The van der Waals surface area contributed by atoms with Crippen LogP contribution in [-0.4, -0.2) is 29.1 Å². The molecular formula is C17H24FNO2. The molecule has 1 saturated heterocycles. The second-order valence-corrected chi connectivity index (χ2v) is 6.05. The molecule has 1 N–H and O–H groups in total. The molecule has 4 heteroatoms. The van der Waals surface area contributed by atoms with Gasteiger partial charge in [0.25, 0.3) is 0 Å². The highest BCUT2D eigenvalue weighted by Gasteiger charge is 2.25. The molecule has 1 heterocycles. The molecule has 21 heavy (non-hydrogen) atoms. The van der Waals surface area contributed by atoms with E-state index in [1.165, 1.54) is 12.1 Å². The lowest BCUT2D eigenvalue weighted by atomic mass is 9.87. The topological polar surface area (TPSA) is 40.5 Å². The van der Waals surface area contributed by atoms with Gasteiger partial charge in [0.2, 0.25) is 0 Å². The van der Waals surface area contributed by atoms with Crippen molar-refractivity contribution in [3.8, 4) is 0 Å². The van der Waals surface area contributed by atoms with E-state index in [0.717, 1.165) is 44.5 Å². The average molecular weight is 293 g/mol. The Hall–Kier alpha value is -1.42. The van der Waals surface area contributed by atoms with Gasteiger partial charge < -0.3 is 5.11 Å². The Morgan fingerprint density at radius 3 is 2.76 bits per heavy atom. The van der Waals surface area contributed by atoms with Gasteiger partial charge in [0, 0.05) is 13.1 Å². The lowest BCUT2D eigenvalue weighted by molar-refractivity contribution is -0.142. The van der Waals surface area contributed by atoms with Crippen molar-refractivity contribution in [1.82, 2.24) is 4.90 Å². The van der Waals surface area contributed by atoms with E-state index in [9.17, 15) is 14.3 Å². The first-order chi connectivity index (χ1) is 10.1. The molecule has 0 aromatic heterocycles. The fourth-order valence-electron chi connectivity index (χ4n) is 3.18. The first-order valence-corrected chi connectivity index (χ1v) is 7.78. The minimum atomic E-state index is -0.673. The maximum atomic E-state index is 12.9. The van der Waals surface area contributed by atoms with Crippen LogP contribution in [0.1, 0.15) is 38.2 Å². The van der Waals surface area contributed by atoms with Gasteiger partial charge in [0.15, 0.2) is 0 Å². The molecule has 0 radical (unpaired) electrons. The number of hydrogen-bond acceptors (Lipinski definition) is 2. The number of nitrogens with zero attached hydrogens (tertiary/aromatic N) is 1. The number of rotatable bonds is 6. The first-order valence-electron chi connectivity index (χ1n) is 7.78. The van der Waals surface area contributed by atoms with Crippen LogP contribution in [-0.2, 0) is 11.3 Å². The Labute approximate surface area is 125 Å². The number of piperidine rings is 1. The van der Waals surface area contributed by atoms with E-state index in [1.54, 1.807) is 0 Å². The van der Waals surface area contributed by atoms with Crippen LogP contribution in [0.4, 0.5) is 4.39 Å². The van der Waals surface area contributed by atoms with Crippen LogP contribution >= 0.6 is 0 Å². The molecule has 2 rings (SSSR count). The molecule has 3 nitrogen and oxygen atoms in total. The molecular weight excluding hydrogens is 269 g/mol. The van der Waals surface area contributed by atoms with Crippen LogP contribution in [0.3, 0.4) is 0 Å². The fourth-order valence-corrected chi connectivity index (χ4v) is 3.18. The lowest BCUT2D eigenvalue weighted by Crippen LogP contribution is -2.36. The van der Waals surface area contributed by atoms with Gasteiger partial charge in [-0.25, -0.2) is 4.39 Å². The number of hydrogen-bond donors (Lipinski definition) is 1. The third-order valence-electron chi connectivity index (χ3n) is 4.38. The van der Waals surface area contributed by atoms with Gasteiger partial charge in [-0.3, -0.25) is 9.69 Å². The van der Waals surface area contributed by atoms with Crippen molar-refractivity contribution in [3.63, 3.8) is 0 Å². The number of benzene rings is 1. The SMILES string of the molecule is CCC(CC1CCCN(Cc2ccc(F)cc2)C1)C(=O)O. The molecule has 0 aliphatic carbocycles. The average Bonchev–Trinajstić information content (AvgIpc) is 2.47. The van der Waals surface area contributed by atoms with E-state index in [2.05, 4.69) is 4.90 Å². The van der Waals surface area contributed by atoms with E-state index < -0.39 is 5.97 Å². The maximum absolute atomic E-state index is 12.9. The highest BCUT2D eigenvalue weighted by atomic mass is 19.1. The van der Waals surface area contributed by atoms with Gasteiger partial charge in [0.05, 0.1) is 5.92 Å². The van der Waals surface area contributed by atoms with Crippen molar-refractivity contribution < 1.29 is 14.3 Å². The molecule has 0 bridgehead atoms. The predicted molar refractivity (Wildman–Crippen MR) is 80.4 cm³/mol. The van der Waals surface area contributed by atoms with E-state index >= 15 is 0 Å². The molecule has 1 aromatic carbocycles. The second-order valence-electron chi connectivity index (χ2n) is 6.05. The minimum Gasteiger partial charge on any atom is -0.481 e. The Kier molecular flexibility index (Phi) is 5.74. The molecule has 1 fully saturated rings. The summed E-state index contributed by atoms with van der Waals surface area (Å²) in [6.45, 7) is 4.75. The number of carboxylic acid groups (broad SMARTS) is 1. The zero-order valence-corrected chi connectivity index (χ0v) is 12.6. The number of carboxylic acids is 1. The summed E-state index contributed by atoms with van der Waals surface area (Å²) in [4.78, 5) is 13.5. The van der Waals surface area contributed by atoms with Crippen molar-refractivity contribution in [1.29, 1.82) is 0 Å². The molecule has 0 saturated carbocycles. The van der Waals surface area contributed by atoms with Crippen LogP contribution in [0, 0.1) is 17.7 Å². The lowest BCUT2D eigenvalue weighted by Gasteiger charge is -2.33. The van der Waals surface area contributed by atoms with Crippen molar-refractivity contribution in [3.05, 3.63) is 35.6 Å². The van der Waals surface area contributed by atoms with Gasteiger partial charge in [-0.1, -0.05) is 19.1 Å². The molecule has 116 valence electrons. The molecule has 2 atom stereocenters. The molecule has 0 amide bonds.